The van der Waals surface area contributed by atoms with Crippen molar-refractivity contribution in [1.82, 2.24) is 0 Å². The SMILES string of the molecule is C[C@@H](Sc1ccc(Cl)cc1)C(=O)N1CC(=O)Nc2ccccc21. The highest BCUT2D eigenvalue weighted by Gasteiger charge is 2.29. The number of hydrogen-bond donors (Lipinski definition) is 1. The molecule has 1 atom stereocenters. The van der Waals surface area contributed by atoms with Crippen molar-refractivity contribution in [2.75, 3.05) is 16.8 Å². The molecule has 118 valence electrons. The van der Waals surface area contributed by atoms with E-state index in [2.05, 4.69) is 5.32 Å². The predicted octanol–water partition coefficient (Wildman–Crippen LogP) is 3.81. The van der Waals surface area contributed by atoms with Crippen molar-refractivity contribution in [3.63, 3.8) is 0 Å². The van der Waals surface area contributed by atoms with Gasteiger partial charge in [0.1, 0.15) is 6.54 Å². The Morgan fingerprint density at radius 2 is 1.91 bits per heavy atom. The van der Waals surface area contributed by atoms with Gasteiger partial charge in [-0.05, 0) is 43.3 Å². The van der Waals surface area contributed by atoms with Gasteiger partial charge >= 0.3 is 0 Å². The average Bonchev–Trinajstić information content (AvgIpc) is 2.55. The largest absolute Gasteiger partial charge is 0.323 e. The first-order valence-electron chi connectivity index (χ1n) is 7.17. The Hall–Kier alpha value is -1.98. The van der Waals surface area contributed by atoms with E-state index in [1.807, 2.05) is 37.3 Å². The molecular weight excluding hydrogens is 332 g/mol. The number of carbonyl (C=O) groups is 2. The number of rotatable bonds is 3. The van der Waals surface area contributed by atoms with E-state index in [1.165, 1.54) is 11.8 Å². The number of para-hydroxylation sites is 2. The Bertz CT molecular complexity index is 749. The Labute approximate surface area is 143 Å². The third-order valence-electron chi connectivity index (χ3n) is 3.51. The summed E-state index contributed by atoms with van der Waals surface area (Å²) in [6, 6.07) is 14.7. The van der Waals surface area contributed by atoms with E-state index in [1.54, 1.807) is 23.1 Å². The molecule has 1 aliphatic rings. The van der Waals surface area contributed by atoms with Crippen LogP contribution in [0.15, 0.2) is 53.4 Å². The molecule has 0 fully saturated rings. The molecule has 0 aromatic heterocycles. The van der Waals surface area contributed by atoms with Crippen LogP contribution in [0.1, 0.15) is 6.92 Å². The Balaban J connectivity index is 1.79. The third kappa shape index (κ3) is 3.51. The second-order valence-electron chi connectivity index (χ2n) is 5.20. The summed E-state index contributed by atoms with van der Waals surface area (Å²) in [6.07, 6.45) is 0. The first-order valence-corrected chi connectivity index (χ1v) is 8.43. The quantitative estimate of drug-likeness (QED) is 0.860. The fraction of sp³-hybridized carbons (Fsp3) is 0.176. The number of anilines is 2. The number of nitrogens with zero attached hydrogens (tertiary/aromatic N) is 1. The van der Waals surface area contributed by atoms with Crippen LogP contribution in [0, 0.1) is 0 Å². The van der Waals surface area contributed by atoms with Crippen LogP contribution in [-0.4, -0.2) is 23.6 Å². The molecule has 23 heavy (non-hydrogen) atoms. The molecule has 0 bridgehead atoms. The number of thioether (sulfide) groups is 1. The molecule has 0 saturated carbocycles. The lowest BCUT2D eigenvalue weighted by molar-refractivity contribution is -0.121. The van der Waals surface area contributed by atoms with Gasteiger partial charge in [-0.3, -0.25) is 14.5 Å². The van der Waals surface area contributed by atoms with Gasteiger partial charge < -0.3 is 5.32 Å². The topological polar surface area (TPSA) is 49.4 Å². The van der Waals surface area contributed by atoms with Gasteiger partial charge in [-0.15, -0.1) is 11.8 Å². The van der Waals surface area contributed by atoms with Crippen LogP contribution in [0.5, 0.6) is 0 Å². The third-order valence-corrected chi connectivity index (χ3v) is 4.86. The van der Waals surface area contributed by atoms with Crippen molar-refractivity contribution in [3.05, 3.63) is 53.6 Å². The molecule has 1 heterocycles. The van der Waals surface area contributed by atoms with Crippen molar-refractivity contribution in [3.8, 4) is 0 Å². The highest BCUT2D eigenvalue weighted by Crippen LogP contribution is 2.32. The highest BCUT2D eigenvalue weighted by molar-refractivity contribution is 8.00. The van der Waals surface area contributed by atoms with Crippen LogP contribution in [0.3, 0.4) is 0 Å². The van der Waals surface area contributed by atoms with Crippen molar-refractivity contribution in [1.29, 1.82) is 0 Å². The molecule has 3 rings (SSSR count). The Kier molecular flexibility index (Phi) is 4.59. The minimum absolute atomic E-state index is 0.0430. The van der Waals surface area contributed by atoms with Crippen LogP contribution in [0.2, 0.25) is 5.02 Å². The maximum atomic E-state index is 12.8. The smallest absolute Gasteiger partial charge is 0.244 e. The highest BCUT2D eigenvalue weighted by atomic mass is 35.5. The van der Waals surface area contributed by atoms with Gasteiger partial charge in [-0.1, -0.05) is 23.7 Å². The van der Waals surface area contributed by atoms with Crippen molar-refractivity contribution >= 4 is 46.6 Å². The Morgan fingerprint density at radius 3 is 2.65 bits per heavy atom. The number of amides is 2. The van der Waals surface area contributed by atoms with Crippen molar-refractivity contribution in [2.45, 2.75) is 17.1 Å². The number of halogens is 1. The number of hydrogen-bond acceptors (Lipinski definition) is 3. The maximum Gasteiger partial charge on any atom is 0.244 e. The van der Waals surface area contributed by atoms with Crippen LogP contribution < -0.4 is 10.2 Å². The average molecular weight is 347 g/mol. The fourth-order valence-electron chi connectivity index (χ4n) is 2.42. The van der Waals surface area contributed by atoms with E-state index < -0.39 is 0 Å². The molecule has 0 radical (unpaired) electrons. The summed E-state index contributed by atoms with van der Waals surface area (Å²) in [5.74, 6) is -0.270. The molecule has 1 N–H and O–H groups in total. The molecule has 0 unspecified atom stereocenters. The zero-order valence-corrected chi connectivity index (χ0v) is 14.0. The lowest BCUT2D eigenvalue weighted by Crippen LogP contribution is -2.45. The molecule has 2 aromatic rings. The van der Waals surface area contributed by atoms with Crippen LogP contribution in [0.25, 0.3) is 0 Å². The normalized spacial score (nSPS) is 14.9. The molecule has 2 aromatic carbocycles. The van der Waals surface area contributed by atoms with Crippen molar-refractivity contribution < 1.29 is 9.59 Å². The molecule has 1 aliphatic heterocycles. The van der Waals surface area contributed by atoms with Crippen molar-refractivity contribution in [2.24, 2.45) is 0 Å². The minimum atomic E-state index is -0.310. The second kappa shape index (κ2) is 6.64. The summed E-state index contributed by atoms with van der Waals surface area (Å²) in [6.45, 7) is 1.89. The lowest BCUT2D eigenvalue weighted by Gasteiger charge is -2.30. The predicted molar refractivity (Wildman–Crippen MR) is 94.2 cm³/mol. The fourth-order valence-corrected chi connectivity index (χ4v) is 3.47. The van der Waals surface area contributed by atoms with Crippen LogP contribution in [-0.2, 0) is 9.59 Å². The summed E-state index contributed by atoms with van der Waals surface area (Å²) in [4.78, 5) is 27.1. The molecular formula is C17H15ClN2O2S. The summed E-state index contributed by atoms with van der Waals surface area (Å²) >= 11 is 7.32. The summed E-state index contributed by atoms with van der Waals surface area (Å²) in [7, 11) is 0. The lowest BCUT2D eigenvalue weighted by atomic mass is 10.2. The standard InChI is InChI=1S/C17H15ClN2O2S/c1-11(23-13-8-6-12(18)7-9-13)17(22)20-10-16(21)19-14-4-2-3-5-15(14)20/h2-9,11H,10H2,1H3,(H,19,21)/t11-/m1/s1. The molecule has 0 saturated heterocycles. The van der Waals surface area contributed by atoms with Gasteiger partial charge in [0.15, 0.2) is 0 Å². The van der Waals surface area contributed by atoms with Crippen LogP contribution in [0.4, 0.5) is 11.4 Å². The first kappa shape index (κ1) is 15.9. The van der Waals surface area contributed by atoms with E-state index in [-0.39, 0.29) is 23.6 Å². The summed E-state index contributed by atoms with van der Waals surface area (Å²) in [5, 5.41) is 3.14. The van der Waals surface area contributed by atoms with Gasteiger partial charge in [0.25, 0.3) is 0 Å². The molecule has 0 spiro atoms. The van der Waals surface area contributed by atoms with E-state index >= 15 is 0 Å². The molecule has 6 heteroatoms. The number of nitrogens with one attached hydrogen (secondary N) is 1. The molecule has 2 amide bonds. The Morgan fingerprint density at radius 1 is 1.22 bits per heavy atom. The minimum Gasteiger partial charge on any atom is -0.323 e. The summed E-state index contributed by atoms with van der Waals surface area (Å²) in [5.41, 5.74) is 1.40. The zero-order chi connectivity index (χ0) is 16.4. The second-order valence-corrected chi connectivity index (χ2v) is 7.05. The number of fused-ring (bicyclic) bond motifs is 1. The van der Waals surface area contributed by atoms with E-state index in [9.17, 15) is 9.59 Å². The number of carbonyl (C=O) groups excluding carboxylic acids is 2. The van der Waals surface area contributed by atoms with Gasteiger partial charge in [-0.2, -0.15) is 0 Å². The maximum absolute atomic E-state index is 12.8. The first-order chi connectivity index (χ1) is 11.0. The van der Waals surface area contributed by atoms with Gasteiger partial charge in [-0.25, -0.2) is 0 Å². The van der Waals surface area contributed by atoms with Gasteiger partial charge in [0, 0.05) is 9.92 Å². The number of benzene rings is 2. The molecule has 4 nitrogen and oxygen atoms in total. The van der Waals surface area contributed by atoms with Gasteiger partial charge in [0.2, 0.25) is 11.8 Å². The monoisotopic (exact) mass is 346 g/mol. The van der Waals surface area contributed by atoms with Gasteiger partial charge in [0.05, 0.1) is 16.6 Å². The summed E-state index contributed by atoms with van der Waals surface area (Å²) < 4.78 is 0. The zero-order valence-electron chi connectivity index (χ0n) is 12.5. The van der Waals surface area contributed by atoms with E-state index in [0.717, 1.165) is 10.6 Å². The van der Waals surface area contributed by atoms with E-state index in [4.69, 9.17) is 11.6 Å². The molecule has 0 aliphatic carbocycles. The van der Waals surface area contributed by atoms with E-state index in [0.29, 0.717) is 10.7 Å². The van der Waals surface area contributed by atoms with Crippen LogP contribution >= 0.6 is 23.4 Å².